The van der Waals surface area contributed by atoms with Gasteiger partial charge < -0.3 is 9.40 Å². The molecule has 5 heteroatoms. The molecular formula is C10H11N3O2. The Hall–Kier alpha value is -2.04. The molecule has 0 fully saturated rings. The van der Waals surface area contributed by atoms with Gasteiger partial charge in [-0.25, -0.2) is 4.98 Å². The maximum atomic E-state index is 11.4. The van der Waals surface area contributed by atoms with Crippen LogP contribution in [0.25, 0.3) is 0 Å². The summed E-state index contributed by atoms with van der Waals surface area (Å²) in [5.74, 6) is 1.20. The summed E-state index contributed by atoms with van der Waals surface area (Å²) < 4.78 is 5.12. The third kappa shape index (κ3) is 2.70. The molecule has 0 aliphatic heterocycles. The summed E-state index contributed by atoms with van der Waals surface area (Å²) >= 11 is 0. The highest BCUT2D eigenvalue weighted by Crippen LogP contribution is 2.04. The maximum Gasteiger partial charge on any atom is 0.227 e. The van der Waals surface area contributed by atoms with Gasteiger partial charge in [-0.1, -0.05) is 0 Å². The fourth-order valence-electron chi connectivity index (χ4n) is 1.22. The molecule has 2 heterocycles. The SMILES string of the molecule is O=C(CCc1ccco1)Nc1ncc[nH]1. The zero-order chi connectivity index (χ0) is 10.5. The van der Waals surface area contributed by atoms with Crippen LogP contribution in [-0.2, 0) is 11.2 Å². The Morgan fingerprint density at radius 3 is 3.20 bits per heavy atom. The number of hydrogen-bond donors (Lipinski definition) is 2. The largest absolute Gasteiger partial charge is 0.469 e. The number of imidazole rings is 1. The topological polar surface area (TPSA) is 70.9 Å². The molecule has 0 unspecified atom stereocenters. The average molecular weight is 205 g/mol. The Balaban J connectivity index is 1.78. The number of anilines is 1. The second kappa shape index (κ2) is 4.45. The van der Waals surface area contributed by atoms with E-state index in [1.807, 2.05) is 6.07 Å². The zero-order valence-corrected chi connectivity index (χ0v) is 8.06. The lowest BCUT2D eigenvalue weighted by Gasteiger charge is -1.99. The normalized spacial score (nSPS) is 10.1. The summed E-state index contributed by atoms with van der Waals surface area (Å²) in [6, 6.07) is 3.65. The summed E-state index contributed by atoms with van der Waals surface area (Å²) in [6.07, 6.45) is 5.82. The maximum absolute atomic E-state index is 11.4. The van der Waals surface area contributed by atoms with E-state index in [1.165, 1.54) is 0 Å². The van der Waals surface area contributed by atoms with Crippen LogP contribution in [0.3, 0.4) is 0 Å². The van der Waals surface area contributed by atoms with Crippen molar-refractivity contribution in [1.82, 2.24) is 9.97 Å². The van der Waals surface area contributed by atoms with Gasteiger partial charge >= 0.3 is 0 Å². The summed E-state index contributed by atoms with van der Waals surface area (Å²) in [5.41, 5.74) is 0. The molecule has 0 spiro atoms. The molecule has 0 aliphatic rings. The smallest absolute Gasteiger partial charge is 0.227 e. The van der Waals surface area contributed by atoms with Crippen LogP contribution in [0.1, 0.15) is 12.2 Å². The second-order valence-corrected chi connectivity index (χ2v) is 3.07. The van der Waals surface area contributed by atoms with Crippen molar-refractivity contribution in [3.05, 3.63) is 36.5 Å². The molecule has 0 saturated heterocycles. The molecule has 78 valence electrons. The number of carbonyl (C=O) groups excluding carboxylic acids is 1. The first-order chi connectivity index (χ1) is 7.34. The molecule has 1 amide bonds. The van der Waals surface area contributed by atoms with Gasteiger partial charge in [0.25, 0.3) is 0 Å². The van der Waals surface area contributed by atoms with E-state index in [9.17, 15) is 4.79 Å². The fourth-order valence-corrected chi connectivity index (χ4v) is 1.22. The number of nitrogens with zero attached hydrogens (tertiary/aromatic N) is 1. The summed E-state index contributed by atoms with van der Waals surface area (Å²) in [6.45, 7) is 0. The Kier molecular flexibility index (Phi) is 2.82. The molecular weight excluding hydrogens is 194 g/mol. The monoisotopic (exact) mass is 205 g/mol. The van der Waals surface area contributed by atoms with Crippen molar-refractivity contribution in [3.63, 3.8) is 0 Å². The van der Waals surface area contributed by atoms with E-state index >= 15 is 0 Å². The highest BCUT2D eigenvalue weighted by atomic mass is 16.3. The van der Waals surface area contributed by atoms with Gasteiger partial charge in [-0.15, -0.1) is 0 Å². The molecule has 0 saturated carbocycles. The van der Waals surface area contributed by atoms with Crippen LogP contribution >= 0.6 is 0 Å². The summed E-state index contributed by atoms with van der Waals surface area (Å²) in [7, 11) is 0. The van der Waals surface area contributed by atoms with E-state index in [0.717, 1.165) is 5.76 Å². The molecule has 0 radical (unpaired) electrons. The van der Waals surface area contributed by atoms with E-state index in [4.69, 9.17) is 4.42 Å². The predicted molar refractivity (Wildman–Crippen MR) is 54.2 cm³/mol. The van der Waals surface area contributed by atoms with E-state index in [1.54, 1.807) is 24.7 Å². The molecule has 5 nitrogen and oxygen atoms in total. The molecule has 0 aliphatic carbocycles. The zero-order valence-electron chi connectivity index (χ0n) is 8.06. The van der Waals surface area contributed by atoms with Crippen molar-refractivity contribution in [2.45, 2.75) is 12.8 Å². The molecule has 2 N–H and O–H groups in total. The number of nitrogens with one attached hydrogen (secondary N) is 2. The van der Waals surface area contributed by atoms with Crippen molar-refractivity contribution in [3.8, 4) is 0 Å². The van der Waals surface area contributed by atoms with Crippen LogP contribution in [0.4, 0.5) is 5.95 Å². The van der Waals surface area contributed by atoms with E-state index in [0.29, 0.717) is 18.8 Å². The van der Waals surface area contributed by atoms with Crippen molar-refractivity contribution in [2.75, 3.05) is 5.32 Å². The minimum Gasteiger partial charge on any atom is -0.469 e. The van der Waals surface area contributed by atoms with E-state index in [-0.39, 0.29) is 5.91 Å². The molecule has 2 aromatic rings. The highest BCUT2D eigenvalue weighted by molar-refractivity contribution is 5.88. The molecule has 0 aromatic carbocycles. The number of aromatic nitrogens is 2. The standard InChI is InChI=1S/C10H11N3O2/c14-9(13-10-11-5-6-12-10)4-3-8-2-1-7-15-8/h1-2,5-7H,3-4H2,(H2,11,12,13,14). The third-order valence-corrected chi connectivity index (χ3v) is 1.93. The summed E-state index contributed by atoms with van der Waals surface area (Å²) in [4.78, 5) is 18.1. The minimum absolute atomic E-state index is 0.0821. The summed E-state index contributed by atoms with van der Waals surface area (Å²) in [5, 5.41) is 2.64. The van der Waals surface area contributed by atoms with Gasteiger partial charge in [0.2, 0.25) is 11.9 Å². The van der Waals surface area contributed by atoms with Crippen LogP contribution in [0, 0.1) is 0 Å². The lowest BCUT2D eigenvalue weighted by molar-refractivity contribution is -0.116. The van der Waals surface area contributed by atoms with Crippen molar-refractivity contribution in [1.29, 1.82) is 0 Å². The Morgan fingerprint density at radius 2 is 2.53 bits per heavy atom. The van der Waals surface area contributed by atoms with Crippen LogP contribution in [0.5, 0.6) is 0 Å². The predicted octanol–water partition coefficient (Wildman–Crippen LogP) is 1.57. The van der Waals surface area contributed by atoms with Gasteiger partial charge in [-0.3, -0.25) is 10.1 Å². The van der Waals surface area contributed by atoms with Crippen molar-refractivity contribution >= 4 is 11.9 Å². The minimum atomic E-state index is -0.0821. The van der Waals surface area contributed by atoms with Gasteiger partial charge in [-0.2, -0.15) is 0 Å². The van der Waals surface area contributed by atoms with Crippen LogP contribution in [-0.4, -0.2) is 15.9 Å². The lowest BCUT2D eigenvalue weighted by Crippen LogP contribution is -2.13. The van der Waals surface area contributed by atoms with Crippen molar-refractivity contribution in [2.24, 2.45) is 0 Å². The van der Waals surface area contributed by atoms with Gasteiger partial charge in [-0.05, 0) is 12.1 Å². The first kappa shape index (κ1) is 9.51. The Morgan fingerprint density at radius 1 is 1.60 bits per heavy atom. The number of amides is 1. The number of furan rings is 1. The molecule has 0 atom stereocenters. The number of carbonyl (C=O) groups is 1. The number of hydrogen-bond acceptors (Lipinski definition) is 3. The number of aromatic amines is 1. The Labute approximate surface area is 86.5 Å². The van der Waals surface area contributed by atoms with E-state index in [2.05, 4.69) is 15.3 Å². The van der Waals surface area contributed by atoms with Crippen LogP contribution in [0.2, 0.25) is 0 Å². The van der Waals surface area contributed by atoms with Gasteiger partial charge in [0, 0.05) is 25.2 Å². The highest BCUT2D eigenvalue weighted by Gasteiger charge is 2.05. The Bertz CT molecular complexity index is 406. The quantitative estimate of drug-likeness (QED) is 0.795. The lowest BCUT2D eigenvalue weighted by atomic mass is 10.2. The van der Waals surface area contributed by atoms with Gasteiger partial charge in [0.1, 0.15) is 5.76 Å². The number of rotatable bonds is 4. The first-order valence-corrected chi connectivity index (χ1v) is 4.66. The van der Waals surface area contributed by atoms with Crippen molar-refractivity contribution < 1.29 is 9.21 Å². The van der Waals surface area contributed by atoms with Crippen LogP contribution < -0.4 is 5.32 Å². The number of aryl methyl sites for hydroxylation is 1. The molecule has 0 bridgehead atoms. The van der Waals surface area contributed by atoms with E-state index < -0.39 is 0 Å². The van der Waals surface area contributed by atoms with Crippen LogP contribution in [0.15, 0.2) is 35.2 Å². The van der Waals surface area contributed by atoms with Gasteiger partial charge in [0.15, 0.2) is 0 Å². The van der Waals surface area contributed by atoms with Gasteiger partial charge in [0.05, 0.1) is 6.26 Å². The average Bonchev–Trinajstić information content (AvgIpc) is 2.86. The molecule has 15 heavy (non-hydrogen) atoms. The molecule has 2 rings (SSSR count). The fraction of sp³-hybridized carbons (Fsp3) is 0.200. The molecule has 2 aromatic heterocycles. The third-order valence-electron chi connectivity index (χ3n) is 1.93. The number of H-pyrrole nitrogens is 1. The first-order valence-electron chi connectivity index (χ1n) is 4.66. The second-order valence-electron chi connectivity index (χ2n) is 3.07.